The molecule has 5 nitrogen and oxygen atoms in total. The van der Waals surface area contributed by atoms with Gasteiger partial charge < -0.3 is 24.9 Å². The number of carbonyl (C=O) groups is 1. The van der Waals surface area contributed by atoms with Gasteiger partial charge in [0.05, 0.1) is 11.7 Å². The average Bonchev–Trinajstić information content (AvgIpc) is 3.09. The maximum atomic E-state index is 14.4. The Morgan fingerprint density at radius 1 is 1.43 bits per heavy atom. The predicted octanol–water partition coefficient (Wildman–Crippen LogP) is -1.23. The number of alkyl halides is 2. The van der Waals surface area contributed by atoms with E-state index in [2.05, 4.69) is 11.8 Å². The van der Waals surface area contributed by atoms with Gasteiger partial charge in [0.1, 0.15) is 12.2 Å². The number of halogens is 2. The third-order valence-corrected chi connectivity index (χ3v) is 5.13. The molecule has 5 atom stereocenters. The Balaban J connectivity index is 0.00000392. The number of carboxylic acid groups (broad SMARTS) is 1. The first-order valence-corrected chi connectivity index (χ1v) is 9.57. The number of carbonyl (C=O) groups excluding carboxylic acids is 1. The third-order valence-electron chi connectivity index (χ3n) is 5.13. The Kier molecular flexibility index (Phi) is 10.4. The molecule has 1 saturated heterocycles. The molecule has 1 unspecified atom stereocenters. The monoisotopic (exact) mass is 408 g/mol. The van der Waals surface area contributed by atoms with Gasteiger partial charge in [-0.2, -0.15) is 8.78 Å². The molecule has 1 aliphatic carbocycles. The summed E-state index contributed by atoms with van der Waals surface area (Å²) >= 11 is 0. The summed E-state index contributed by atoms with van der Waals surface area (Å²) in [6, 6.07) is 0. The number of hydrogen-bond acceptors (Lipinski definition) is 5. The normalized spacial score (nSPS) is 30.0. The Hall–Kier alpha value is -0.650. The maximum absolute atomic E-state index is 14.4. The standard InChI is InChI=1S/C20H28F2O5.Na/c1-2-3-4-7-13(23)10-11-15-16-12-14(8-5-6-9-17(24)25)27-19(16)20(21,22)18(15)26;/h8,13,15-16,18-19,23,26H,2-7,9,12H2,1H3,(H,24,25);/q;+1/p-1/b14-8-;/t13-,15+,16+,18-,19?;/m0./s1. The smallest absolute Gasteiger partial charge is 0.550 e. The molecule has 2 N–H and O–H groups in total. The van der Waals surface area contributed by atoms with E-state index < -0.39 is 42.0 Å². The van der Waals surface area contributed by atoms with Crippen LogP contribution in [0.4, 0.5) is 8.78 Å². The summed E-state index contributed by atoms with van der Waals surface area (Å²) in [6.07, 6.45) is 1.47. The van der Waals surface area contributed by atoms with Crippen LogP contribution in [0.2, 0.25) is 0 Å². The van der Waals surface area contributed by atoms with Gasteiger partial charge in [-0.1, -0.05) is 31.6 Å². The number of rotatable bonds is 8. The number of ether oxygens (including phenoxy) is 1. The van der Waals surface area contributed by atoms with Crippen LogP contribution in [0.3, 0.4) is 0 Å². The number of unbranched alkanes of at least 4 members (excludes halogenated alkanes) is 3. The second-order valence-corrected chi connectivity index (χ2v) is 7.29. The second-order valence-electron chi connectivity index (χ2n) is 7.29. The van der Waals surface area contributed by atoms with E-state index in [0.29, 0.717) is 25.0 Å². The van der Waals surface area contributed by atoms with Crippen LogP contribution in [-0.2, 0) is 9.53 Å². The van der Waals surface area contributed by atoms with Crippen molar-refractivity contribution >= 4 is 5.97 Å². The van der Waals surface area contributed by atoms with Gasteiger partial charge in [0, 0.05) is 18.3 Å². The molecule has 0 aromatic heterocycles. The van der Waals surface area contributed by atoms with Gasteiger partial charge >= 0.3 is 35.5 Å². The van der Waals surface area contributed by atoms with Crippen molar-refractivity contribution < 1.29 is 63.2 Å². The topological polar surface area (TPSA) is 89.8 Å². The molecule has 28 heavy (non-hydrogen) atoms. The first kappa shape index (κ1) is 25.4. The van der Waals surface area contributed by atoms with E-state index in [1.165, 1.54) is 0 Å². The van der Waals surface area contributed by atoms with Crippen LogP contribution in [0.1, 0.15) is 58.3 Å². The summed E-state index contributed by atoms with van der Waals surface area (Å²) in [5.41, 5.74) is 0. The number of hydrogen-bond donors (Lipinski definition) is 2. The van der Waals surface area contributed by atoms with Gasteiger partial charge in [0.25, 0.3) is 0 Å². The SMILES string of the molecule is CCCCC[C@H](O)C#C[C@@H]1[C@H]2C/C(=C/CCCC(=O)[O-])OC2C(F)(F)[C@H]1O.[Na+]. The fraction of sp³-hybridized carbons (Fsp3) is 0.750. The van der Waals surface area contributed by atoms with Crippen LogP contribution in [0, 0.1) is 23.7 Å². The molecule has 2 fully saturated rings. The first-order chi connectivity index (χ1) is 12.8. The zero-order valence-corrected chi connectivity index (χ0v) is 18.5. The van der Waals surface area contributed by atoms with E-state index in [1.807, 2.05) is 6.92 Å². The molecule has 152 valence electrons. The molecule has 8 heteroatoms. The van der Waals surface area contributed by atoms with Gasteiger partial charge in [0.2, 0.25) is 0 Å². The van der Waals surface area contributed by atoms with E-state index in [0.717, 1.165) is 19.3 Å². The molecule has 0 aromatic rings. The summed E-state index contributed by atoms with van der Waals surface area (Å²) < 4.78 is 34.1. The number of carboxylic acids is 1. The minimum atomic E-state index is -3.42. The number of aliphatic hydroxyl groups excluding tert-OH is 2. The van der Waals surface area contributed by atoms with Crippen LogP contribution in [-0.4, -0.2) is 40.4 Å². The van der Waals surface area contributed by atoms with E-state index in [9.17, 15) is 28.9 Å². The Morgan fingerprint density at radius 2 is 2.14 bits per heavy atom. The van der Waals surface area contributed by atoms with Crippen LogP contribution in [0.25, 0.3) is 0 Å². The number of fused-ring (bicyclic) bond motifs is 1. The predicted molar refractivity (Wildman–Crippen MR) is 92.3 cm³/mol. The molecular weight excluding hydrogens is 381 g/mol. The zero-order valence-electron chi connectivity index (χ0n) is 16.5. The van der Waals surface area contributed by atoms with Crippen LogP contribution in [0.5, 0.6) is 0 Å². The van der Waals surface area contributed by atoms with Crippen molar-refractivity contribution in [2.45, 2.75) is 82.5 Å². The van der Waals surface area contributed by atoms with Gasteiger partial charge in [-0.05, 0) is 38.2 Å². The largest absolute Gasteiger partial charge is 1.00 e. The Bertz CT molecular complexity index is 613. The summed E-state index contributed by atoms with van der Waals surface area (Å²) in [5.74, 6) is -0.545. The van der Waals surface area contributed by atoms with Gasteiger partial charge in [-0.3, -0.25) is 0 Å². The maximum Gasteiger partial charge on any atom is 1.00 e. The second kappa shape index (κ2) is 11.5. The summed E-state index contributed by atoms with van der Waals surface area (Å²) in [5, 5.41) is 30.3. The van der Waals surface area contributed by atoms with Crippen molar-refractivity contribution in [3.63, 3.8) is 0 Å². The fourth-order valence-corrected chi connectivity index (χ4v) is 3.64. The van der Waals surface area contributed by atoms with Crippen molar-refractivity contribution in [1.29, 1.82) is 0 Å². The van der Waals surface area contributed by atoms with E-state index in [4.69, 9.17) is 4.74 Å². The van der Waals surface area contributed by atoms with Gasteiger partial charge in [-0.15, -0.1) is 0 Å². The minimum absolute atomic E-state index is 0. The van der Waals surface area contributed by atoms with Crippen molar-refractivity contribution in [3.05, 3.63) is 11.8 Å². The minimum Gasteiger partial charge on any atom is -0.550 e. The zero-order chi connectivity index (χ0) is 20.0. The van der Waals surface area contributed by atoms with E-state index in [-0.39, 0.29) is 42.4 Å². The van der Waals surface area contributed by atoms with Crippen molar-refractivity contribution in [2.75, 3.05) is 0 Å². The van der Waals surface area contributed by atoms with Crippen LogP contribution >= 0.6 is 0 Å². The molecule has 0 aromatic carbocycles. The molecular formula is C20H27F2NaO5. The molecule has 0 amide bonds. The molecule has 0 radical (unpaired) electrons. The summed E-state index contributed by atoms with van der Waals surface area (Å²) in [7, 11) is 0. The van der Waals surface area contributed by atoms with Gasteiger partial charge in [-0.25, -0.2) is 0 Å². The fourth-order valence-electron chi connectivity index (χ4n) is 3.64. The summed E-state index contributed by atoms with van der Waals surface area (Å²) in [6.45, 7) is 2.04. The van der Waals surface area contributed by atoms with E-state index >= 15 is 0 Å². The number of aliphatic hydroxyl groups is 2. The first-order valence-electron chi connectivity index (χ1n) is 9.57. The van der Waals surface area contributed by atoms with Crippen molar-refractivity contribution in [3.8, 4) is 11.8 Å². The van der Waals surface area contributed by atoms with Gasteiger partial charge in [0.15, 0.2) is 6.10 Å². The molecule has 1 heterocycles. The average molecular weight is 408 g/mol. The van der Waals surface area contributed by atoms with Crippen LogP contribution in [0.15, 0.2) is 11.8 Å². The molecule has 2 rings (SSSR count). The summed E-state index contributed by atoms with van der Waals surface area (Å²) in [4.78, 5) is 10.4. The quantitative estimate of drug-likeness (QED) is 0.298. The molecule has 1 aliphatic heterocycles. The third kappa shape index (κ3) is 6.43. The molecule has 2 aliphatic rings. The molecule has 0 bridgehead atoms. The van der Waals surface area contributed by atoms with Crippen LogP contribution < -0.4 is 34.7 Å². The van der Waals surface area contributed by atoms with E-state index in [1.54, 1.807) is 6.08 Å². The molecule has 1 saturated carbocycles. The number of allylic oxidation sites excluding steroid dienone is 2. The Morgan fingerprint density at radius 3 is 2.79 bits per heavy atom. The number of aliphatic carboxylic acids is 1. The Labute approximate surface area is 186 Å². The molecule has 0 spiro atoms. The van der Waals surface area contributed by atoms with Crippen molar-refractivity contribution in [1.82, 2.24) is 0 Å². The van der Waals surface area contributed by atoms with Crippen molar-refractivity contribution in [2.24, 2.45) is 11.8 Å².